The number of rotatable bonds is 4. The Morgan fingerprint density at radius 2 is 1.95 bits per heavy atom. The fraction of sp³-hybridized carbons (Fsp3) is 0.625. The molecule has 1 aliphatic rings. The molecule has 1 heterocycles. The summed E-state index contributed by atoms with van der Waals surface area (Å²) in [6.07, 6.45) is 1.08. The summed E-state index contributed by atoms with van der Waals surface area (Å²) in [6, 6.07) is 6.42. The van der Waals surface area contributed by atoms with Gasteiger partial charge in [-0.25, -0.2) is 8.78 Å². The average molecular weight is 346 g/mol. The van der Waals surface area contributed by atoms with Gasteiger partial charge in [0, 0.05) is 36.9 Å². The number of benzene rings is 1. The van der Waals surface area contributed by atoms with Gasteiger partial charge < -0.3 is 0 Å². The summed E-state index contributed by atoms with van der Waals surface area (Å²) in [5, 5.41) is 0. The third-order valence-corrected chi connectivity index (χ3v) is 4.89. The molecule has 0 saturated carbocycles. The van der Waals surface area contributed by atoms with Crippen molar-refractivity contribution >= 4 is 15.9 Å². The van der Waals surface area contributed by atoms with Gasteiger partial charge in [-0.15, -0.1) is 0 Å². The molecule has 4 heteroatoms. The van der Waals surface area contributed by atoms with Crippen molar-refractivity contribution in [2.45, 2.75) is 51.5 Å². The number of piperidine rings is 1. The molecule has 1 saturated heterocycles. The Morgan fingerprint density at radius 1 is 1.30 bits per heavy atom. The number of likely N-dealkylation sites (tertiary alicyclic amines) is 1. The molecular formula is C16H22BrF2N. The van der Waals surface area contributed by atoms with Crippen molar-refractivity contribution in [3.8, 4) is 0 Å². The molecule has 1 fully saturated rings. The minimum absolute atomic E-state index is 0.0148. The molecule has 1 aromatic carbocycles. The lowest BCUT2D eigenvalue weighted by molar-refractivity contribution is -0.0566. The molecule has 0 radical (unpaired) electrons. The van der Waals surface area contributed by atoms with Crippen LogP contribution in [0.15, 0.2) is 22.7 Å². The molecule has 0 bridgehead atoms. The number of halogens is 3. The van der Waals surface area contributed by atoms with E-state index >= 15 is 0 Å². The molecule has 1 unspecified atom stereocenters. The number of hydrogen-bond donors (Lipinski definition) is 0. The van der Waals surface area contributed by atoms with Crippen molar-refractivity contribution in [2.75, 3.05) is 13.1 Å². The van der Waals surface area contributed by atoms with E-state index in [9.17, 15) is 8.78 Å². The van der Waals surface area contributed by atoms with Crippen LogP contribution < -0.4 is 0 Å². The summed E-state index contributed by atoms with van der Waals surface area (Å²) in [4.78, 5) is 2.11. The molecule has 112 valence electrons. The van der Waals surface area contributed by atoms with Crippen molar-refractivity contribution in [2.24, 2.45) is 0 Å². The van der Waals surface area contributed by atoms with Crippen molar-refractivity contribution in [3.63, 3.8) is 0 Å². The average Bonchev–Trinajstić information content (AvgIpc) is 2.40. The van der Waals surface area contributed by atoms with Crippen LogP contribution in [-0.4, -0.2) is 23.9 Å². The number of nitrogens with zero attached hydrogens (tertiary/aromatic N) is 1. The Kier molecular flexibility index (Phi) is 5.19. The Morgan fingerprint density at radius 3 is 2.50 bits per heavy atom. The van der Waals surface area contributed by atoms with Crippen LogP contribution in [0.5, 0.6) is 0 Å². The highest BCUT2D eigenvalue weighted by molar-refractivity contribution is 9.10. The Bertz CT molecular complexity index is 452. The maximum absolute atomic E-state index is 13.1. The molecule has 1 aliphatic heterocycles. The van der Waals surface area contributed by atoms with Crippen LogP contribution in [0.1, 0.15) is 50.2 Å². The van der Waals surface area contributed by atoms with Crippen molar-refractivity contribution in [1.29, 1.82) is 0 Å². The van der Waals surface area contributed by atoms with Crippen molar-refractivity contribution < 1.29 is 8.78 Å². The lowest BCUT2D eigenvalue weighted by Crippen LogP contribution is -2.38. The smallest absolute Gasteiger partial charge is 0.250 e. The third kappa shape index (κ3) is 4.01. The molecule has 1 atom stereocenters. The molecule has 0 N–H and O–H groups in total. The first-order valence-corrected chi connectivity index (χ1v) is 8.09. The maximum atomic E-state index is 13.1. The van der Waals surface area contributed by atoms with Gasteiger partial charge in [0.25, 0.3) is 5.92 Å². The van der Waals surface area contributed by atoms with E-state index in [1.165, 1.54) is 11.1 Å². The van der Waals surface area contributed by atoms with Gasteiger partial charge in [-0.1, -0.05) is 41.9 Å². The quantitative estimate of drug-likeness (QED) is 0.725. The van der Waals surface area contributed by atoms with Crippen molar-refractivity contribution in [3.05, 3.63) is 33.8 Å². The van der Waals surface area contributed by atoms with Crippen LogP contribution in [0, 0.1) is 0 Å². The topological polar surface area (TPSA) is 3.24 Å². The monoisotopic (exact) mass is 345 g/mol. The molecule has 0 amide bonds. The minimum Gasteiger partial charge on any atom is -0.299 e. The second-order valence-corrected chi connectivity index (χ2v) is 6.65. The standard InChI is InChI=1S/C16H22BrF2N/c1-3-12(2)14-5-4-13(10-15(14)17)11-20-8-6-16(18,19)7-9-20/h4-5,10,12H,3,6-9,11H2,1-2H3. The number of hydrogen-bond acceptors (Lipinski definition) is 1. The maximum Gasteiger partial charge on any atom is 0.250 e. The Labute approximate surface area is 128 Å². The molecule has 0 aliphatic carbocycles. The lowest BCUT2D eigenvalue weighted by Gasteiger charge is -2.31. The largest absolute Gasteiger partial charge is 0.299 e. The minimum atomic E-state index is -2.46. The van der Waals surface area contributed by atoms with E-state index < -0.39 is 5.92 Å². The normalized spacial score (nSPS) is 20.9. The molecule has 0 spiro atoms. The summed E-state index contributed by atoms with van der Waals surface area (Å²) < 4.78 is 27.4. The van der Waals surface area contributed by atoms with E-state index in [4.69, 9.17) is 0 Å². The summed E-state index contributed by atoms with van der Waals surface area (Å²) >= 11 is 3.63. The first kappa shape index (κ1) is 15.9. The first-order valence-electron chi connectivity index (χ1n) is 7.30. The molecule has 1 nitrogen and oxygen atoms in total. The van der Waals surface area contributed by atoms with Gasteiger partial charge in [0.05, 0.1) is 0 Å². The fourth-order valence-corrected chi connectivity index (χ4v) is 3.40. The van der Waals surface area contributed by atoms with E-state index in [1.807, 2.05) is 0 Å². The molecule has 1 aromatic rings. The second kappa shape index (κ2) is 6.52. The van der Waals surface area contributed by atoms with E-state index in [0.717, 1.165) is 17.4 Å². The summed E-state index contributed by atoms with van der Waals surface area (Å²) in [5.74, 6) is -1.93. The van der Waals surface area contributed by atoms with Gasteiger partial charge in [-0.2, -0.15) is 0 Å². The van der Waals surface area contributed by atoms with Gasteiger partial charge in [-0.05, 0) is 29.5 Å². The second-order valence-electron chi connectivity index (χ2n) is 5.80. The van der Waals surface area contributed by atoms with Gasteiger partial charge in [0.1, 0.15) is 0 Å². The highest BCUT2D eigenvalue weighted by Crippen LogP contribution is 2.30. The van der Waals surface area contributed by atoms with E-state index in [-0.39, 0.29) is 12.8 Å². The van der Waals surface area contributed by atoms with E-state index in [1.54, 1.807) is 0 Å². The highest BCUT2D eigenvalue weighted by atomic mass is 79.9. The summed E-state index contributed by atoms with van der Waals surface area (Å²) in [5.41, 5.74) is 2.51. The Balaban J connectivity index is 1.99. The predicted molar refractivity (Wildman–Crippen MR) is 82.3 cm³/mol. The van der Waals surface area contributed by atoms with Crippen molar-refractivity contribution in [1.82, 2.24) is 4.90 Å². The zero-order chi connectivity index (χ0) is 14.8. The zero-order valence-corrected chi connectivity index (χ0v) is 13.7. The van der Waals surface area contributed by atoms with E-state index in [2.05, 4.69) is 52.9 Å². The van der Waals surface area contributed by atoms with Crippen LogP contribution >= 0.6 is 15.9 Å². The number of alkyl halides is 2. The van der Waals surface area contributed by atoms with Crippen LogP contribution in [0.3, 0.4) is 0 Å². The van der Waals surface area contributed by atoms with E-state index in [0.29, 0.717) is 19.0 Å². The molecule has 20 heavy (non-hydrogen) atoms. The Hall–Kier alpha value is -0.480. The summed E-state index contributed by atoms with van der Waals surface area (Å²) in [6.45, 7) is 6.12. The van der Waals surface area contributed by atoms with Crippen LogP contribution in [0.2, 0.25) is 0 Å². The van der Waals surface area contributed by atoms with Crippen LogP contribution in [0.25, 0.3) is 0 Å². The third-order valence-electron chi connectivity index (χ3n) is 4.20. The molecule has 0 aromatic heterocycles. The molecule has 2 rings (SSSR count). The zero-order valence-electron chi connectivity index (χ0n) is 12.1. The van der Waals surface area contributed by atoms with Crippen LogP contribution in [-0.2, 0) is 6.54 Å². The first-order chi connectivity index (χ1) is 9.41. The van der Waals surface area contributed by atoms with Gasteiger partial charge in [0.2, 0.25) is 0 Å². The van der Waals surface area contributed by atoms with Gasteiger partial charge in [-0.3, -0.25) is 4.90 Å². The highest BCUT2D eigenvalue weighted by Gasteiger charge is 2.33. The van der Waals surface area contributed by atoms with Crippen LogP contribution in [0.4, 0.5) is 8.78 Å². The summed E-state index contributed by atoms with van der Waals surface area (Å²) in [7, 11) is 0. The predicted octanol–water partition coefficient (Wildman–Crippen LogP) is 5.19. The molecular weight excluding hydrogens is 324 g/mol. The SMILES string of the molecule is CCC(C)c1ccc(CN2CCC(F)(F)CC2)cc1Br. The van der Waals surface area contributed by atoms with Gasteiger partial charge in [0.15, 0.2) is 0 Å². The fourth-order valence-electron chi connectivity index (χ4n) is 2.59. The van der Waals surface area contributed by atoms with Gasteiger partial charge >= 0.3 is 0 Å². The lowest BCUT2D eigenvalue weighted by atomic mass is 9.97.